The summed E-state index contributed by atoms with van der Waals surface area (Å²) in [5.74, 6) is 0.161. The van der Waals surface area contributed by atoms with Gasteiger partial charge in [0.25, 0.3) is 5.91 Å². The number of pyridine rings is 1. The molecule has 2 amide bonds. The Kier molecular flexibility index (Phi) is 4.24. The number of anilines is 1. The molecule has 122 valence electrons. The highest BCUT2D eigenvalue weighted by Crippen LogP contribution is 2.20. The summed E-state index contributed by atoms with van der Waals surface area (Å²) in [5.41, 5.74) is 3.06. The van der Waals surface area contributed by atoms with Gasteiger partial charge in [-0.2, -0.15) is 0 Å². The summed E-state index contributed by atoms with van der Waals surface area (Å²) < 4.78 is 5.41. The zero-order valence-corrected chi connectivity index (χ0v) is 13.3. The maximum Gasteiger partial charge on any atom is 0.255 e. The Bertz CT molecular complexity index is 917. The molecule has 3 aromatic rings. The van der Waals surface area contributed by atoms with Crippen LogP contribution >= 0.6 is 0 Å². The Hall–Kier alpha value is -3.22. The van der Waals surface area contributed by atoms with Crippen LogP contribution in [0.4, 0.5) is 5.69 Å². The number of carbonyl (C=O) groups is 2. The van der Waals surface area contributed by atoms with E-state index >= 15 is 0 Å². The van der Waals surface area contributed by atoms with Crippen molar-refractivity contribution in [2.24, 2.45) is 0 Å². The van der Waals surface area contributed by atoms with Gasteiger partial charge in [0.15, 0.2) is 11.5 Å². The molecule has 7 nitrogen and oxygen atoms in total. The van der Waals surface area contributed by atoms with Gasteiger partial charge in [0, 0.05) is 31.3 Å². The SMILES string of the molecule is CC(=O)NCc1cc(C(=O)Nc2ccc3oc(C)nc3c2)ccn1. The van der Waals surface area contributed by atoms with Crippen LogP contribution in [0.3, 0.4) is 0 Å². The minimum absolute atomic E-state index is 0.150. The molecule has 0 saturated carbocycles. The van der Waals surface area contributed by atoms with Crippen LogP contribution in [0.15, 0.2) is 40.9 Å². The average molecular weight is 324 g/mol. The minimum atomic E-state index is -0.263. The molecular weight excluding hydrogens is 308 g/mol. The van der Waals surface area contributed by atoms with E-state index in [1.807, 2.05) is 0 Å². The number of oxazole rings is 1. The molecule has 0 unspecified atom stereocenters. The van der Waals surface area contributed by atoms with Crippen LogP contribution in [0, 0.1) is 6.92 Å². The molecule has 0 aliphatic rings. The van der Waals surface area contributed by atoms with Crippen LogP contribution < -0.4 is 10.6 Å². The lowest BCUT2D eigenvalue weighted by molar-refractivity contribution is -0.119. The minimum Gasteiger partial charge on any atom is -0.441 e. The Morgan fingerprint density at radius 2 is 2.04 bits per heavy atom. The lowest BCUT2D eigenvalue weighted by atomic mass is 10.2. The van der Waals surface area contributed by atoms with E-state index in [-0.39, 0.29) is 18.4 Å². The standard InChI is InChI=1S/C17H16N4O3/c1-10(22)19-9-14-7-12(5-6-18-14)17(23)21-13-3-4-16-15(8-13)20-11(2)24-16/h3-8H,9H2,1-2H3,(H,19,22)(H,21,23). The van der Waals surface area contributed by atoms with Gasteiger partial charge in [-0.25, -0.2) is 4.98 Å². The summed E-state index contributed by atoms with van der Waals surface area (Å²) in [6.45, 7) is 3.48. The largest absolute Gasteiger partial charge is 0.441 e. The van der Waals surface area contributed by atoms with Crippen molar-refractivity contribution in [3.05, 3.63) is 53.7 Å². The van der Waals surface area contributed by atoms with Gasteiger partial charge in [-0.05, 0) is 30.3 Å². The molecule has 0 spiro atoms. The monoisotopic (exact) mass is 324 g/mol. The summed E-state index contributed by atoms with van der Waals surface area (Å²) in [4.78, 5) is 31.7. The second-order valence-electron chi connectivity index (χ2n) is 5.32. The molecule has 2 heterocycles. The molecule has 0 saturated heterocycles. The molecule has 0 bridgehead atoms. The van der Waals surface area contributed by atoms with E-state index < -0.39 is 0 Å². The first kappa shape index (κ1) is 15.7. The van der Waals surface area contributed by atoms with Crippen LogP contribution in [-0.4, -0.2) is 21.8 Å². The smallest absolute Gasteiger partial charge is 0.255 e. The molecule has 24 heavy (non-hydrogen) atoms. The number of benzene rings is 1. The number of fused-ring (bicyclic) bond motifs is 1. The summed E-state index contributed by atoms with van der Waals surface area (Å²) in [5, 5.41) is 5.46. The third-order valence-electron chi connectivity index (χ3n) is 3.35. The predicted octanol–water partition coefficient (Wildman–Crippen LogP) is 2.42. The van der Waals surface area contributed by atoms with Crippen molar-refractivity contribution in [2.45, 2.75) is 20.4 Å². The topological polar surface area (TPSA) is 97.1 Å². The lowest BCUT2D eigenvalue weighted by Gasteiger charge is -2.07. The first-order valence-corrected chi connectivity index (χ1v) is 7.39. The first-order chi connectivity index (χ1) is 11.5. The fourth-order valence-corrected chi connectivity index (χ4v) is 2.25. The van der Waals surface area contributed by atoms with E-state index in [4.69, 9.17) is 4.42 Å². The highest BCUT2D eigenvalue weighted by atomic mass is 16.3. The van der Waals surface area contributed by atoms with E-state index in [0.717, 1.165) is 0 Å². The van der Waals surface area contributed by atoms with E-state index in [0.29, 0.717) is 33.9 Å². The molecule has 0 fully saturated rings. The molecule has 7 heteroatoms. The van der Waals surface area contributed by atoms with E-state index in [1.165, 1.54) is 13.1 Å². The number of hydrogen-bond donors (Lipinski definition) is 2. The zero-order valence-electron chi connectivity index (χ0n) is 13.3. The maximum absolute atomic E-state index is 12.4. The number of aromatic nitrogens is 2. The summed E-state index contributed by atoms with van der Waals surface area (Å²) in [6, 6.07) is 8.53. The van der Waals surface area contributed by atoms with Gasteiger partial charge in [-0.1, -0.05) is 0 Å². The number of rotatable bonds is 4. The fourth-order valence-electron chi connectivity index (χ4n) is 2.25. The summed E-state index contributed by atoms with van der Waals surface area (Å²) in [7, 11) is 0. The van der Waals surface area contributed by atoms with Crippen LogP contribution in [0.1, 0.15) is 28.9 Å². The summed E-state index contributed by atoms with van der Waals surface area (Å²) >= 11 is 0. The molecule has 0 aliphatic heterocycles. The first-order valence-electron chi connectivity index (χ1n) is 7.39. The molecule has 3 rings (SSSR count). The molecule has 0 aliphatic carbocycles. The molecule has 0 atom stereocenters. The van der Waals surface area contributed by atoms with Crippen molar-refractivity contribution in [1.29, 1.82) is 0 Å². The van der Waals surface area contributed by atoms with Crippen molar-refractivity contribution in [3.8, 4) is 0 Å². The van der Waals surface area contributed by atoms with Gasteiger partial charge in [-0.3, -0.25) is 14.6 Å². The predicted molar refractivity (Wildman–Crippen MR) is 88.5 cm³/mol. The van der Waals surface area contributed by atoms with Gasteiger partial charge in [0.1, 0.15) is 5.52 Å². The van der Waals surface area contributed by atoms with Gasteiger partial charge >= 0.3 is 0 Å². The Morgan fingerprint density at radius 1 is 1.21 bits per heavy atom. The van der Waals surface area contributed by atoms with Gasteiger partial charge in [-0.15, -0.1) is 0 Å². The van der Waals surface area contributed by atoms with E-state index in [1.54, 1.807) is 37.3 Å². The number of aryl methyl sites for hydroxylation is 1. The van der Waals surface area contributed by atoms with Gasteiger partial charge in [0.2, 0.25) is 5.91 Å². The zero-order chi connectivity index (χ0) is 17.1. The number of nitrogens with zero attached hydrogens (tertiary/aromatic N) is 2. The number of carbonyl (C=O) groups excluding carboxylic acids is 2. The van der Waals surface area contributed by atoms with Crippen molar-refractivity contribution >= 4 is 28.6 Å². The van der Waals surface area contributed by atoms with Crippen molar-refractivity contribution in [1.82, 2.24) is 15.3 Å². The molecular formula is C17H16N4O3. The maximum atomic E-state index is 12.4. The average Bonchev–Trinajstić information content (AvgIpc) is 2.92. The third-order valence-corrected chi connectivity index (χ3v) is 3.35. The lowest BCUT2D eigenvalue weighted by Crippen LogP contribution is -2.20. The van der Waals surface area contributed by atoms with Crippen LogP contribution in [0.5, 0.6) is 0 Å². The Labute approximate surface area is 138 Å². The van der Waals surface area contributed by atoms with Gasteiger partial charge < -0.3 is 15.1 Å². The molecule has 2 aromatic heterocycles. The highest BCUT2D eigenvalue weighted by Gasteiger charge is 2.09. The van der Waals surface area contributed by atoms with Gasteiger partial charge in [0.05, 0.1) is 12.2 Å². The van der Waals surface area contributed by atoms with Crippen LogP contribution in [0.2, 0.25) is 0 Å². The third kappa shape index (κ3) is 3.57. The molecule has 2 N–H and O–H groups in total. The molecule has 1 aromatic carbocycles. The van der Waals surface area contributed by atoms with Crippen molar-refractivity contribution in [2.75, 3.05) is 5.32 Å². The van der Waals surface area contributed by atoms with Crippen LogP contribution in [0.25, 0.3) is 11.1 Å². The van der Waals surface area contributed by atoms with Crippen molar-refractivity contribution < 1.29 is 14.0 Å². The second kappa shape index (κ2) is 6.49. The Balaban J connectivity index is 1.75. The molecule has 0 radical (unpaired) electrons. The summed E-state index contributed by atoms with van der Waals surface area (Å²) in [6.07, 6.45) is 1.54. The number of nitrogens with one attached hydrogen (secondary N) is 2. The fraction of sp³-hybridized carbons (Fsp3) is 0.176. The normalized spacial score (nSPS) is 10.6. The van der Waals surface area contributed by atoms with E-state index in [2.05, 4.69) is 20.6 Å². The van der Waals surface area contributed by atoms with Crippen LogP contribution in [-0.2, 0) is 11.3 Å². The number of amides is 2. The van der Waals surface area contributed by atoms with Crippen molar-refractivity contribution in [3.63, 3.8) is 0 Å². The van der Waals surface area contributed by atoms with E-state index in [9.17, 15) is 9.59 Å². The highest BCUT2D eigenvalue weighted by molar-refractivity contribution is 6.04. The quantitative estimate of drug-likeness (QED) is 0.768. The number of hydrogen-bond acceptors (Lipinski definition) is 5. The Morgan fingerprint density at radius 3 is 2.83 bits per heavy atom. The second-order valence-corrected chi connectivity index (χ2v) is 5.32.